The van der Waals surface area contributed by atoms with Gasteiger partial charge in [-0.15, -0.1) is 0 Å². The van der Waals surface area contributed by atoms with Gasteiger partial charge in [0.15, 0.2) is 0 Å². The maximum atomic E-state index is 13.1. The molecule has 110 valence electrons. The predicted molar refractivity (Wildman–Crippen MR) is 67.2 cm³/mol. The third-order valence-corrected chi connectivity index (χ3v) is 3.36. The van der Waals surface area contributed by atoms with Crippen LogP contribution in [0, 0.1) is 0 Å². The van der Waals surface area contributed by atoms with Gasteiger partial charge in [-0.25, -0.2) is 0 Å². The van der Waals surface area contributed by atoms with Gasteiger partial charge in [0.1, 0.15) is 6.04 Å². The Morgan fingerprint density at radius 3 is 2.75 bits per heavy atom. The average molecular weight is 288 g/mol. The van der Waals surface area contributed by atoms with Crippen LogP contribution in [0.4, 0.5) is 18.9 Å². The van der Waals surface area contributed by atoms with Crippen LogP contribution in [-0.4, -0.2) is 30.1 Å². The lowest BCUT2D eigenvalue weighted by molar-refractivity contribution is -0.137. The molecule has 0 aromatic heterocycles. The van der Waals surface area contributed by atoms with Gasteiger partial charge in [-0.3, -0.25) is 4.79 Å². The summed E-state index contributed by atoms with van der Waals surface area (Å²) in [5.74, 6) is -0.296. The van der Waals surface area contributed by atoms with Crippen LogP contribution in [0.25, 0.3) is 0 Å². The van der Waals surface area contributed by atoms with Crippen molar-refractivity contribution in [3.63, 3.8) is 0 Å². The molecule has 20 heavy (non-hydrogen) atoms. The van der Waals surface area contributed by atoms with Crippen molar-refractivity contribution in [1.82, 2.24) is 5.32 Å². The Labute approximate surface area is 114 Å². The second-order valence-corrected chi connectivity index (χ2v) is 4.67. The summed E-state index contributed by atoms with van der Waals surface area (Å²) in [6.07, 6.45) is -4.53. The van der Waals surface area contributed by atoms with Crippen molar-refractivity contribution in [2.45, 2.75) is 25.7 Å². The topological polar surface area (TPSA) is 52.6 Å². The van der Waals surface area contributed by atoms with Crippen LogP contribution in [0.3, 0.4) is 0 Å². The first-order chi connectivity index (χ1) is 9.34. The van der Waals surface area contributed by atoms with E-state index in [4.69, 9.17) is 5.11 Å². The second kappa shape index (κ2) is 5.32. The predicted octanol–water partition coefficient (Wildman–Crippen LogP) is 1.52. The lowest BCUT2D eigenvalue weighted by atomic mass is 10.0. The summed E-state index contributed by atoms with van der Waals surface area (Å²) in [6.45, 7) is 1.73. The number of halogens is 3. The zero-order valence-electron chi connectivity index (χ0n) is 10.9. The van der Waals surface area contributed by atoms with E-state index < -0.39 is 24.4 Å². The summed E-state index contributed by atoms with van der Waals surface area (Å²) in [6, 6.07) is 3.01. The zero-order chi connectivity index (χ0) is 14.9. The number of benzene rings is 1. The van der Waals surface area contributed by atoms with E-state index in [0.29, 0.717) is 13.1 Å². The Bertz CT molecular complexity index is 517. The number of hydrogen-bond donors (Lipinski definition) is 2. The molecule has 1 amide bonds. The Balaban J connectivity index is 2.47. The van der Waals surface area contributed by atoms with Crippen LogP contribution < -0.4 is 10.2 Å². The third-order valence-electron chi connectivity index (χ3n) is 3.36. The van der Waals surface area contributed by atoms with Gasteiger partial charge in [-0.05, 0) is 24.6 Å². The van der Waals surface area contributed by atoms with E-state index in [9.17, 15) is 18.0 Å². The molecule has 1 unspecified atom stereocenters. The fourth-order valence-electron chi connectivity index (χ4n) is 2.27. The molecule has 1 heterocycles. The Morgan fingerprint density at radius 2 is 2.15 bits per heavy atom. The van der Waals surface area contributed by atoms with Gasteiger partial charge < -0.3 is 15.3 Å². The minimum Gasteiger partial charge on any atom is -0.392 e. The SMILES string of the molecule is CC1C(=O)NCCN1c1ccc(CO)cc1C(F)(F)F. The highest BCUT2D eigenvalue weighted by atomic mass is 19.4. The van der Waals surface area contributed by atoms with Crippen LogP contribution in [0.5, 0.6) is 0 Å². The molecule has 0 bridgehead atoms. The van der Waals surface area contributed by atoms with Crippen molar-refractivity contribution in [1.29, 1.82) is 0 Å². The zero-order valence-corrected chi connectivity index (χ0v) is 10.9. The fourth-order valence-corrected chi connectivity index (χ4v) is 2.27. The van der Waals surface area contributed by atoms with Gasteiger partial charge in [0.05, 0.1) is 12.2 Å². The number of nitrogens with zero attached hydrogens (tertiary/aromatic N) is 1. The summed E-state index contributed by atoms with van der Waals surface area (Å²) in [5.41, 5.74) is -0.669. The molecule has 1 aromatic carbocycles. The van der Waals surface area contributed by atoms with E-state index >= 15 is 0 Å². The summed E-state index contributed by atoms with van der Waals surface area (Å²) in [4.78, 5) is 13.0. The number of carbonyl (C=O) groups excluding carboxylic acids is 1. The van der Waals surface area contributed by atoms with Crippen molar-refractivity contribution in [3.8, 4) is 0 Å². The van der Waals surface area contributed by atoms with Gasteiger partial charge in [0, 0.05) is 18.8 Å². The van der Waals surface area contributed by atoms with Crippen molar-refractivity contribution in [2.24, 2.45) is 0 Å². The van der Waals surface area contributed by atoms with Crippen LogP contribution in [-0.2, 0) is 17.6 Å². The number of hydrogen-bond acceptors (Lipinski definition) is 3. The van der Waals surface area contributed by atoms with Gasteiger partial charge in [0.25, 0.3) is 0 Å². The molecule has 1 atom stereocenters. The van der Waals surface area contributed by atoms with Crippen molar-refractivity contribution < 1.29 is 23.1 Å². The summed E-state index contributed by atoms with van der Waals surface area (Å²) in [7, 11) is 0. The van der Waals surface area contributed by atoms with Crippen LogP contribution >= 0.6 is 0 Å². The maximum absolute atomic E-state index is 13.1. The van der Waals surface area contributed by atoms with Gasteiger partial charge in [-0.2, -0.15) is 13.2 Å². The first-order valence-corrected chi connectivity index (χ1v) is 6.20. The Hall–Kier alpha value is -1.76. The van der Waals surface area contributed by atoms with Crippen LogP contribution in [0.2, 0.25) is 0 Å². The molecule has 1 saturated heterocycles. The van der Waals surface area contributed by atoms with E-state index in [2.05, 4.69) is 5.32 Å². The highest BCUT2D eigenvalue weighted by Crippen LogP contribution is 2.38. The smallest absolute Gasteiger partial charge is 0.392 e. The van der Waals surface area contributed by atoms with Crippen molar-refractivity contribution in [2.75, 3.05) is 18.0 Å². The molecule has 2 N–H and O–H groups in total. The average Bonchev–Trinajstić information content (AvgIpc) is 2.40. The molecule has 1 aromatic rings. The molecule has 0 spiro atoms. The van der Waals surface area contributed by atoms with Crippen molar-refractivity contribution in [3.05, 3.63) is 29.3 Å². The molecule has 0 radical (unpaired) electrons. The molecule has 1 fully saturated rings. The van der Waals surface area contributed by atoms with E-state index in [1.165, 1.54) is 17.0 Å². The molecule has 0 saturated carbocycles. The molecule has 4 nitrogen and oxygen atoms in total. The summed E-state index contributed by atoms with van der Waals surface area (Å²) in [5, 5.41) is 11.6. The van der Waals surface area contributed by atoms with E-state index in [0.717, 1.165) is 6.07 Å². The lowest BCUT2D eigenvalue weighted by Crippen LogP contribution is -2.54. The standard InChI is InChI=1S/C13H15F3N2O2/c1-8-12(20)17-4-5-18(8)11-3-2-9(7-19)6-10(11)13(14,15)16/h2-3,6,8,19H,4-5,7H2,1H3,(H,17,20). The van der Waals surface area contributed by atoms with E-state index in [1.54, 1.807) is 6.92 Å². The number of aliphatic hydroxyl groups excluding tert-OH is 1. The fraction of sp³-hybridized carbons (Fsp3) is 0.462. The molecule has 7 heteroatoms. The summed E-state index contributed by atoms with van der Waals surface area (Å²) >= 11 is 0. The monoisotopic (exact) mass is 288 g/mol. The Morgan fingerprint density at radius 1 is 1.45 bits per heavy atom. The van der Waals surface area contributed by atoms with Crippen LogP contribution in [0.1, 0.15) is 18.1 Å². The van der Waals surface area contributed by atoms with Crippen molar-refractivity contribution >= 4 is 11.6 Å². The molecular formula is C13H15F3N2O2. The maximum Gasteiger partial charge on any atom is 0.418 e. The first kappa shape index (κ1) is 14.6. The van der Waals surface area contributed by atoms with E-state index in [-0.39, 0.29) is 17.2 Å². The highest BCUT2D eigenvalue weighted by molar-refractivity contribution is 5.86. The number of rotatable bonds is 2. The number of carbonyl (C=O) groups is 1. The quantitative estimate of drug-likeness (QED) is 0.867. The number of nitrogens with one attached hydrogen (secondary N) is 1. The third kappa shape index (κ3) is 2.72. The minimum absolute atomic E-state index is 0.0305. The largest absolute Gasteiger partial charge is 0.418 e. The second-order valence-electron chi connectivity index (χ2n) is 4.67. The number of anilines is 1. The normalized spacial score (nSPS) is 19.9. The van der Waals surface area contributed by atoms with E-state index in [1.807, 2.05) is 0 Å². The van der Waals surface area contributed by atoms with Gasteiger partial charge in [-0.1, -0.05) is 6.07 Å². The summed E-state index contributed by atoms with van der Waals surface area (Å²) < 4.78 is 39.4. The molecular weight excluding hydrogens is 273 g/mol. The number of piperazine rings is 1. The lowest BCUT2D eigenvalue weighted by Gasteiger charge is -2.36. The number of aliphatic hydroxyl groups is 1. The molecule has 1 aliphatic heterocycles. The first-order valence-electron chi connectivity index (χ1n) is 6.20. The highest BCUT2D eigenvalue weighted by Gasteiger charge is 2.37. The Kier molecular flexibility index (Phi) is 3.89. The molecule has 2 rings (SSSR count). The number of amides is 1. The minimum atomic E-state index is -4.53. The molecule has 0 aliphatic carbocycles. The number of alkyl halides is 3. The molecule has 1 aliphatic rings. The van der Waals surface area contributed by atoms with Crippen LogP contribution in [0.15, 0.2) is 18.2 Å². The van der Waals surface area contributed by atoms with Gasteiger partial charge >= 0.3 is 6.18 Å². The van der Waals surface area contributed by atoms with Gasteiger partial charge in [0.2, 0.25) is 5.91 Å².